The zero-order valence-corrected chi connectivity index (χ0v) is 38.4. The average Bonchev–Trinajstić information content (AvgIpc) is 4.19. The predicted octanol–water partition coefficient (Wildman–Crippen LogP) is 6.82. The zero-order valence-electron chi connectivity index (χ0n) is 36.8. The Bertz CT molecular complexity index is 2290. The highest BCUT2D eigenvalue weighted by Crippen LogP contribution is 2.46. The number of allylic oxidation sites excluding steroid dienone is 1. The monoisotopic (exact) mass is 889 g/mol. The maximum absolute atomic E-state index is 14.8. The fourth-order valence-corrected chi connectivity index (χ4v) is 11.4. The molecule has 2 aromatic heterocycles. The smallest absolute Gasteiger partial charge is 0.317 e. The molecule has 0 radical (unpaired) electrons. The van der Waals surface area contributed by atoms with Crippen LogP contribution >= 0.6 is 11.3 Å². The molecule has 8 rings (SSSR count). The number of benzene rings is 1. The Labute approximate surface area is 370 Å². The first kappa shape index (κ1) is 44.3. The van der Waals surface area contributed by atoms with E-state index in [1.807, 2.05) is 42.2 Å². The van der Waals surface area contributed by atoms with Crippen molar-refractivity contribution in [2.24, 2.45) is 11.8 Å². The number of nitrogens with one attached hydrogen (secondary N) is 3. The number of sulfonamides is 1. The minimum absolute atomic E-state index is 0.0738. The molecule has 3 aromatic rings. The number of hydrogen-bond acceptors (Lipinski definition) is 11. The van der Waals surface area contributed by atoms with Crippen LogP contribution < -0.4 is 24.8 Å². The first-order chi connectivity index (χ1) is 29.8. The molecule has 16 heteroatoms. The summed E-state index contributed by atoms with van der Waals surface area (Å²) in [5.74, 6) is 0.739. The van der Waals surface area contributed by atoms with Crippen LogP contribution in [0.3, 0.4) is 0 Å². The number of aromatic nitrogens is 2. The molecule has 5 unspecified atom stereocenters. The van der Waals surface area contributed by atoms with Gasteiger partial charge < -0.3 is 25.0 Å². The number of pyridine rings is 1. The highest BCUT2D eigenvalue weighted by molar-refractivity contribution is 7.91. The third-order valence-corrected chi connectivity index (χ3v) is 15.9. The van der Waals surface area contributed by atoms with Crippen LogP contribution in [0.5, 0.6) is 11.5 Å². The number of carbonyl (C=O) groups is 3. The SMILES string of the molecule is CCCN(CC1CC1)C(=O)NC1CCCCCC=CC2CC2(C(=O)NS(=O)(=O)C2CC2)NC(=O)C2CC(Oc3cc(-c4nc(C(C)C)cs4)nc4c(C)c(OC)ccc34)CN2C1. The second-order valence-electron chi connectivity index (χ2n) is 18.5. The van der Waals surface area contributed by atoms with Crippen molar-refractivity contribution in [2.45, 2.75) is 140 Å². The Balaban J connectivity index is 1.12. The molecule has 3 aliphatic carbocycles. The Hall–Kier alpha value is -4.28. The topological polar surface area (TPSA) is 172 Å². The van der Waals surface area contributed by atoms with Gasteiger partial charge in [0.1, 0.15) is 33.8 Å². The molecule has 4 heterocycles. The standard InChI is InChI=1S/C46H63N7O7S2/c1-6-20-52(24-30-14-15-30)45(56)47-32-13-11-9-7-8-10-12-31-23-46(31,44(55)51-62(57,58)34-16-17-34)50-42(54)38-21-33(26-53(38)25-32)60-40-22-36(43-49-37(27-61-43)28(2)3)48-41-29(4)39(59-5)19-18-35(40)41/h10,12,18-19,22,27-28,30-34,38H,6-9,11,13-17,20-21,23-26H2,1-5H3,(H,47,56)(H,50,54)(H,51,55). The Morgan fingerprint density at radius 1 is 1.08 bits per heavy atom. The number of hydrogen-bond donors (Lipinski definition) is 3. The molecule has 0 spiro atoms. The summed E-state index contributed by atoms with van der Waals surface area (Å²) in [5.41, 5.74) is 1.89. The van der Waals surface area contributed by atoms with Gasteiger partial charge in [-0.2, -0.15) is 0 Å². The van der Waals surface area contributed by atoms with Gasteiger partial charge in [0.25, 0.3) is 5.91 Å². The van der Waals surface area contributed by atoms with Crippen molar-refractivity contribution in [1.82, 2.24) is 35.1 Å². The molecule has 3 N–H and O–H groups in total. The van der Waals surface area contributed by atoms with Crippen molar-refractivity contribution in [3.05, 3.63) is 47.0 Å². The van der Waals surface area contributed by atoms with Crippen molar-refractivity contribution in [3.63, 3.8) is 0 Å². The average molecular weight is 890 g/mol. The molecule has 62 heavy (non-hydrogen) atoms. The minimum atomic E-state index is -3.84. The summed E-state index contributed by atoms with van der Waals surface area (Å²) in [6, 6.07) is 4.75. The van der Waals surface area contributed by atoms with E-state index in [0.717, 1.165) is 85.1 Å². The maximum Gasteiger partial charge on any atom is 0.317 e. The summed E-state index contributed by atoms with van der Waals surface area (Å²) in [7, 11) is -2.21. The van der Waals surface area contributed by atoms with Gasteiger partial charge >= 0.3 is 6.03 Å². The molecule has 3 saturated carbocycles. The highest BCUT2D eigenvalue weighted by atomic mass is 32.2. The van der Waals surface area contributed by atoms with Crippen LogP contribution in [-0.2, 0) is 19.6 Å². The van der Waals surface area contributed by atoms with Gasteiger partial charge in [-0.15, -0.1) is 11.3 Å². The Kier molecular flexibility index (Phi) is 13.2. The van der Waals surface area contributed by atoms with Gasteiger partial charge in [0.2, 0.25) is 15.9 Å². The van der Waals surface area contributed by atoms with Crippen LogP contribution in [0.1, 0.15) is 115 Å². The van der Waals surface area contributed by atoms with E-state index in [0.29, 0.717) is 68.4 Å². The summed E-state index contributed by atoms with van der Waals surface area (Å²) < 4.78 is 41.0. The molecule has 5 atom stereocenters. The van der Waals surface area contributed by atoms with E-state index in [9.17, 15) is 22.8 Å². The first-order valence-electron chi connectivity index (χ1n) is 22.7. The fourth-order valence-electron chi connectivity index (χ4n) is 9.05. The largest absolute Gasteiger partial charge is 0.496 e. The number of aryl methyl sites for hydroxylation is 1. The van der Waals surface area contributed by atoms with Gasteiger partial charge in [0.05, 0.1) is 29.6 Å². The lowest BCUT2D eigenvalue weighted by molar-refractivity contribution is -0.132. The van der Waals surface area contributed by atoms with Crippen LogP contribution in [0.2, 0.25) is 0 Å². The molecule has 2 aliphatic heterocycles. The Morgan fingerprint density at radius 2 is 1.89 bits per heavy atom. The Morgan fingerprint density at radius 3 is 2.60 bits per heavy atom. The molecule has 1 saturated heterocycles. The predicted molar refractivity (Wildman–Crippen MR) is 241 cm³/mol. The minimum Gasteiger partial charge on any atom is -0.496 e. The van der Waals surface area contributed by atoms with Crippen molar-refractivity contribution in [2.75, 3.05) is 33.3 Å². The normalized spacial score (nSPS) is 25.9. The number of fused-ring (bicyclic) bond motifs is 3. The summed E-state index contributed by atoms with van der Waals surface area (Å²) in [6.07, 6.45) is 12.7. The third-order valence-electron chi connectivity index (χ3n) is 13.2. The van der Waals surface area contributed by atoms with E-state index in [4.69, 9.17) is 19.4 Å². The van der Waals surface area contributed by atoms with E-state index in [1.165, 1.54) is 11.3 Å². The van der Waals surface area contributed by atoms with E-state index < -0.39 is 38.9 Å². The van der Waals surface area contributed by atoms with E-state index in [-0.39, 0.29) is 29.8 Å². The summed E-state index contributed by atoms with van der Waals surface area (Å²) >= 11 is 1.54. The van der Waals surface area contributed by atoms with Gasteiger partial charge in [-0.05, 0) is 88.7 Å². The lowest BCUT2D eigenvalue weighted by Gasteiger charge is -2.31. The molecule has 336 valence electrons. The van der Waals surface area contributed by atoms with Gasteiger partial charge in [-0.25, -0.2) is 23.2 Å². The second-order valence-corrected chi connectivity index (χ2v) is 21.3. The molecular weight excluding hydrogens is 827 g/mol. The van der Waals surface area contributed by atoms with E-state index >= 15 is 0 Å². The van der Waals surface area contributed by atoms with Crippen molar-refractivity contribution in [1.29, 1.82) is 0 Å². The highest BCUT2D eigenvalue weighted by Gasteiger charge is 2.62. The molecule has 4 amide bonds. The second kappa shape index (κ2) is 18.4. The first-order valence-corrected chi connectivity index (χ1v) is 25.2. The number of amides is 4. The van der Waals surface area contributed by atoms with Crippen LogP contribution in [0.15, 0.2) is 35.7 Å². The van der Waals surface area contributed by atoms with Crippen molar-refractivity contribution >= 4 is 50.1 Å². The zero-order chi connectivity index (χ0) is 43.8. The fraction of sp³-hybridized carbons (Fsp3) is 0.630. The van der Waals surface area contributed by atoms with E-state index in [2.05, 4.69) is 46.4 Å². The van der Waals surface area contributed by atoms with Crippen LogP contribution in [0.25, 0.3) is 21.6 Å². The van der Waals surface area contributed by atoms with Gasteiger partial charge in [0, 0.05) is 67.0 Å². The van der Waals surface area contributed by atoms with Gasteiger partial charge in [0.15, 0.2) is 0 Å². The molecule has 5 aliphatic rings. The van der Waals surface area contributed by atoms with Crippen molar-refractivity contribution < 1.29 is 32.3 Å². The number of thiazole rings is 1. The van der Waals surface area contributed by atoms with Gasteiger partial charge in [-0.1, -0.05) is 45.8 Å². The van der Waals surface area contributed by atoms with Gasteiger partial charge in [-0.3, -0.25) is 19.2 Å². The quantitative estimate of drug-likeness (QED) is 0.155. The lowest BCUT2D eigenvalue weighted by Crippen LogP contribution is -2.57. The molecular formula is C46H63N7O7S2. The summed E-state index contributed by atoms with van der Waals surface area (Å²) in [5, 5.41) is 9.54. The lowest BCUT2D eigenvalue weighted by atomic mass is 10.1. The molecule has 14 nitrogen and oxygen atoms in total. The molecule has 0 bridgehead atoms. The summed E-state index contributed by atoms with van der Waals surface area (Å²) in [4.78, 5) is 56.7. The number of ether oxygens (including phenoxy) is 2. The van der Waals surface area contributed by atoms with Crippen LogP contribution in [0.4, 0.5) is 4.79 Å². The van der Waals surface area contributed by atoms with Crippen LogP contribution in [-0.4, -0.2) is 108 Å². The van der Waals surface area contributed by atoms with Crippen molar-refractivity contribution in [3.8, 4) is 22.2 Å². The molecule has 1 aromatic carbocycles. The van der Waals surface area contributed by atoms with E-state index in [1.54, 1.807) is 7.11 Å². The third kappa shape index (κ3) is 9.91. The maximum atomic E-state index is 14.8. The number of rotatable bonds is 13. The number of methoxy groups -OCH3 is 1. The summed E-state index contributed by atoms with van der Waals surface area (Å²) in [6.45, 7) is 10.5. The van der Waals surface area contributed by atoms with Crippen LogP contribution in [0, 0.1) is 18.8 Å². The molecule has 4 fully saturated rings. The number of urea groups is 1. The number of nitrogens with zero attached hydrogens (tertiary/aromatic N) is 4. The number of carbonyl (C=O) groups excluding carboxylic acids is 3.